The van der Waals surface area contributed by atoms with Crippen LogP contribution < -0.4 is 11.1 Å². The highest BCUT2D eigenvalue weighted by atomic mass is 16.1. The lowest BCUT2D eigenvalue weighted by molar-refractivity contribution is 0.102. The van der Waals surface area contributed by atoms with Gasteiger partial charge >= 0.3 is 0 Å². The molecule has 8 heteroatoms. The van der Waals surface area contributed by atoms with Gasteiger partial charge in [0.25, 0.3) is 0 Å². The molecule has 0 bridgehead atoms. The first kappa shape index (κ1) is 23.7. The van der Waals surface area contributed by atoms with Crippen molar-refractivity contribution in [1.82, 2.24) is 20.2 Å². The molecule has 31 heavy (non-hydrogen) atoms. The Morgan fingerprint density at radius 3 is 2.48 bits per heavy atom. The Morgan fingerprint density at radius 2 is 1.94 bits per heavy atom. The second-order valence-corrected chi connectivity index (χ2v) is 6.72. The van der Waals surface area contributed by atoms with Crippen molar-refractivity contribution < 1.29 is 9.59 Å². The van der Waals surface area contributed by atoms with Gasteiger partial charge in [-0.3, -0.25) is 10.2 Å². The van der Waals surface area contributed by atoms with Gasteiger partial charge in [0, 0.05) is 55.8 Å². The van der Waals surface area contributed by atoms with Crippen molar-refractivity contribution in [3.05, 3.63) is 59.1 Å². The van der Waals surface area contributed by atoms with Crippen molar-refractivity contribution in [2.75, 3.05) is 26.7 Å². The number of ketones is 1. The van der Waals surface area contributed by atoms with E-state index in [0.29, 0.717) is 48.6 Å². The maximum atomic E-state index is 13.4. The number of aromatic nitrogens is 2. The molecule has 162 valence electrons. The van der Waals surface area contributed by atoms with Crippen LogP contribution in [0.15, 0.2) is 42.4 Å². The number of nitrogens with two attached hydrogens (primary N) is 1. The smallest absolute Gasteiger partial charge is 0.209 e. The van der Waals surface area contributed by atoms with Gasteiger partial charge < -0.3 is 16.0 Å². The monoisotopic (exact) mass is 420 g/mol. The molecular formula is C23H28N6O2. The standard InChI is InChI=1S/C23H28N6O2/c1-4-29(5-2)21(25)13-20(26-3)22(31)19-12-16(9-11-30)6-7-18(19)23-27-14-17(8-10-24)15-28-23/h6-7,9,12-15,25-26H,4-5,8,10,24H2,1-3H3/b20-13-,25-21?. The second-order valence-electron chi connectivity index (χ2n) is 6.72. The summed E-state index contributed by atoms with van der Waals surface area (Å²) in [6.07, 6.45) is 6.80. The average Bonchev–Trinajstić information content (AvgIpc) is 2.79. The van der Waals surface area contributed by atoms with E-state index >= 15 is 0 Å². The van der Waals surface area contributed by atoms with Gasteiger partial charge in [-0.15, -0.1) is 0 Å². The second kappa shape index (κ2) is 11.5. The van der Waals surface area contributed by atoms with Gasteiger partial charge in [-0.1, -0.05) is 6.07 Å². The van der Waals surface area contributed by atoms with Gasteiger partial charge in [0.15, 0.2) is 5.82 Å². The fraction of sp³-hybridized carbons (Fsp3) is 0.304. The van der Waals surface area contributed by atoms with Crippen LogP contribution >= 0.6 is 0 Å². The molecule has 0 aliphatic rings. The molecule has 1 aromatic heterocycles. The van der Waals surface area contributed by atoms with Crippen molar-refractivity contribution >= 4 is 23.6 Å². The fourth-order valence-corrected chi connectivity index (χ4v) is 3.08. The predicted octanol–water partition coefficient (Wildman–Crippen LogP) is 2.09. The lowest BCUT2D eigenvalue weighted by Gasteiger charge is -2.20. The number of allylic oxidation sites excluding steroid dienone is 1. The zero-order valence-corrected chi connectivity index (χ0v) is 18.1. The molecule has 1 aromatic carbocycles. The molecule has 0 saturated carbocycles. The lowest BCUT2D eigenvalue weighted by Crippen LogP contribution is -2.30. The summed E-state index contributed by atoms with van der Waals surface area (Å²) in [6.45, 7) is 5.71. The third-order valence-corrected chi connectivity index (χ3v) is 4.79. The Balaban J connectivity index is 2.55. The molecule has 0 radical (unpaired) electrons. The van der Waals surface area contributed by atoms with Crippen LogP contribution in [0, 0.1) is 5.41 Å². The Labute approximate surface area is 182 Å². The van der Waals surface area contributed by atoms with E-state index in [1.54, 1.807) is 43.6 Å². The number of likely N-dealkylation sites (N-methyl/N-ethyl adjacent to an activating group) is 2. The van der Waals surface area contributed by atoms with Gasteiger partial charge in [0.2, 0.25) is 5.78 Å². The Kier molecular flexibility index (Phi) is 8.81. The average molecular weight is 421 g/mol. The topological polar surface area (TPSA) is 125 Å². The van der Waals surface area contributed by atoms with E-state index in [9.17, 15) is 9.59 Å². The summed E-state index contributed by atoms with van der Waals surface area (Å²) < 4.78 is 0. The minimum Gasteiger partial charge on any atom is -0.385 e. The number of nitrogens with zero attached hydrogens (tertiary/aromatic N) is 3. The highest BCUT2D eigenvalue weighted by Crippen LogP contribution is 2.24. The molecule has 1 heterocycles. The normalized spacial score (nSPS) is 10.9. The summed E-state index contributed by atoms with van der Waals surface area (Å²) in [4.78, 5) is 34.8. The first-order chi connectivity index (χ1) is 15.0. The number of Topliss-reactive ketones (excluding diaryl/α,β-unsaturated/α-hetero) is 1. The number of carbonyl (C=O) groups excluding carboxylic acids is 2. The summed E-state index contributed by atoms with van der Waals surface area (Å²) >= 11 is 0. The van der Waals surface area contributed by atoms with Crippen LogP contribution in [0.25, 0.3) is 17.5 Å². The molecule has 0 unspecified atom stereocenters. The molecular weight excluding hydrogens is 392 g/mol. The van der Waals surface area contributed by atoms with Gasteiger partial charge in [-0.25, -0.2) is 14.8 Å². The lowest BCUT2D eigenvalue weighted by atomic mass is 9.97. The van der Waals surface area contributed by atoms with Crippen LogP contribution in [-0.4, -0.2) is 59.1 Å². The molecule has 0 aliphatic heterocycles. The molecule has 0 spiro atoms. The number of hydrogen-bond acceptors (Lipinski definition) is 7. The van der Waals surface area contributed by atoms with Crippen LogP contribution in [0.5, 0.6) is 0 Å². The largest absolute Gasteiger partial charge is 0.385 e. The molecule has 8 nitrogen and oxygen atoms in total. The van der Waals surface area contributed by atoms with Gasteiger partial charge in [-0.05, 0) is 50.1 Å². The van der Waals surface area contributed by atoms with Crippen LogP contribution in [0.3, 0.4) is 0 Å². The number of benzene rings is 1. The maximum Gasteiger partial charge on any atom is 0.209 e. The minimum absolute atomic E-state index is 0.232. The molecule has 0 aliphatic carbocycles. The molecule has 2 rings (SSSR count). The van der Waals surface area contributed by atoms with E-state index < -0.39 is 0 Å². The zero-order valence-electron chi connectivity index (χ0n) is 18.1. The van der Waals surface area contributed by atoms with Crippen LogP contribution in [0.4, 0.5) is 0 Å². The number of rotatable bonds is 10. The maximum absolute atomic E-state index is 13.4. The first-order valence-corrected chi connectivity index (χ1v) is 10.1. The number of nitrogens with one attached hydrogen (secondary N) is 2. The fourth-order valence-electron chi connectivity index (χ4n) is 3.08. The summed E-state index contributed by atoms with van der Waals surface area (Å²) in [5.74, 6) is 2.03. The van der Waals surface area contributed by atoms with Gasteiger partial charge in [0.05, 0.1) is 5.70 Å². The Hall–Kier alpha value is -3.61. The van der Waals surface area contributed by atoms with Crippen molar-refractivity contribution in [3.8, 4) is 11.4 Å². The van der Waals surface area contributed by atoms with E-state index in [0.717, 1.165) is 5.56 Å². The third-order valence-electron chi connectivity index (χ3n) is 4.79. The number of carbonyl (C=O) groups is 1. The highest BCUT2D eigenvalue weighted by Gasteiger charge is 2.20. The van der Waals surface area contributed by atoms with Crippen LogP contribution in [0.1, 0.15) is 35.3 Å². The van der Waals surface area contributed by atoms with Crippen LogP contribution in [-0.2, 0) is 11.2 Å². The molecule has 0 saturated heterocycles. The van der Waals surface area contributed by atoms with Crippen molar-refractivity contribution in [2.24, 2.45) is 5.73 Å². The molecule has 0 atom stereocenters. The van der Waals surface area contributed by atoms with Crippen molar-refractivity contribution in [3.63, 3.8) is 0 Å². The summed E-state index contributed by atoms with van der Waals surface area (Å²) in [5.41, 5.74) is 8.13. The van der Waals surface area contributed by atoms with Gasteiger partial charge in [-0.2, -0.15) is 0 Å². The molecule has 0 amide bonds. The van der Waals surface area contributed by atoms with Gasteiger partial charge in [0.1, 0.15) is 11.8 Å². The minimum atomic E-state index is -0.329. The SMILES string of the molecule is CCN(CC)C(=N)/C=C(\NC)C(=O)c1cc(C=C=O)ccc1-c1ncc(CCN)cn1. The van der Waals surface area contributed by atoms with E-state index in [4.69, 9.17) is 11.1 Å². The third kappa shape index (κ3) is 5.94. The molecule has 4 N–H and O–H groups in total. The summed E-state index contributed by atoms with van der Waals surface area (Å²) in [7, 11) is 1.63. The Morgan fingerprint density at radius 1 is 1.26 bits per heavy atom. The van der Waals surface area contributed by atoms with E-state index in [1.165, 1.54) is 12.2 Å². The Bertz CT molecular complexity index is 1000. The van der Waals surface area contributed by atoms with Crippen LogP contribution in [0.2, 0.25) is 0 Å². The van der Waals surface area contributed by atoms with E-state index in [1.807, 2.05) is 18.7 Å². The quantitative estimate of drug-likeness (QED) is 0.177. The molecule has 0 fully saturated rings. The zero-order chi connectivity index (χ0) is 22.8. The summed E-state index contributed by atoms with van der Waals surface area (Å²) in [6, 6.07) is 5.01. The number of hydrogen-bond donors (Lipinski definition) is 3. The first-order valence-electron chi connectivity index (χ1n) is 10.1. The van der Waals surface area contributed by atoms with E-state index in [2.05, 4.69) is 15.3 Å². The van der Waals surface area contributed by atoms with E-state index in [-0.39, 0.29) is 17.3 Å². The highest BCUT2D eigenvalue weighted by molar-refractivity contribution is 6.14. The van der Waals surface area contributed by atoms with Crippen molar-refractivity contribution in [1.29, 1.82) is 5.41 Å². The number of amidine groups is 1. The predicted molar refractivity (Wildman–Crippen MR) is 123 cm³/mol. The van der Waals surface area contributed by atoms with Crippen molar-refractivity contribution in [2.45, 2.75) is 20.3 Å². The summed E-state index contributed by atoms with van der Waals surface area (Å²) in [5, 5.41) is 11.2. The molecule has 2 aromatic rings.